The molecule has 1 aliphatic carbocycles. The molecule has 0 atom stereocenters. The molecule has 2 aliphatic rings. The van der Waals surface area contributed by atoms with Gasteiger partial charge in [-0.25, -0.2) is 0 Å². The standard InChI is InChI=1S/C17H34N2/c1-3-16(4-2)18-15-17(11-7-5-8-12-17)19-13-9-6-10-14-19/h16,18H,3-15H2,1-2H3. The Labute approximate surface area is 120 Å². The molecular formula is C17H34N2. The van der Waals surface area contributed by atoms with Crippen LogP contribution >= 0.6 is 0 Å². The van der Waals surface area contributed by atoms with E-state index in [-0.39, 0.29) is 0 Å². The topological polar surface area (TPSA) is 15.3 Å². The van der Waals surface area contributed by atoms with Gasteiger partial charge in [0, 0.05) is 18.1 Å². The molecule has 2 rings (SSSR count). The third-order valence-corrected chi connectivity index (χ3v) is 5.52. The predicted molar refractivity (Wildman–Crippen MR) is 83.6 cm³/mol. The van der Waals surface area contributed by atoms with Crippen LogP contribution in [0.3, 0.4) is 0 Å². The van der Waals surface area contributed by atoms with Crippen LogP contribution in [-0.4, -0.2) is 36.1 Å². The van der Waals surface area contributed by atoms with Crippen molar-refractivity contribution in [1.29, 1.82) is 0 Å². The van der Waals surface area contributed by atoms with Gasteiger partial charge >= 0.3 is 0 Å². The summed E-state index contributed by atoms with van der Waals surface area (Å²) in [6, 6.07) is 0.726. The van der Waals surface area contributed by atoms with Gasteiger partial charge in [0.1, 0.15) is 0 Å². The van der Waals surface area contributed by atoms with E-state index in [4.69, 9.17) is 0 Å². The number of rotatable bonds is 6. The van der Waals surface area contributed by atoms with Crippen LogP contribution in [0, 0.1) is 0 Å². The van der Waals surface area contributed by atoms with E-state index in [1.165, 1.54) is 83.8 Å². The minimum absolute atomic E-state index is 0.501. The molecule has 1 aliphatic heterocycles. The van der Waals surface area contributed by atoms with Gasteiger partial charge in [-0.1, -0.05) is 39.5 Å². The average Bonchev–Trinajstić information content (AvgIpc) is 2.50. The van der Waals surface area contributed by atoms with Gasteiger partial charge in [0.15, 0.2) is 0 Å². The maximum absolute atomic E-state index is 3.89. The van der Waals surface area contributed by atoms with Crippen LogP contribution in [0.4, 0.5) is 0 Å². The van der Waals surface area contributed by atoms with Gasteiger partial charge in [-0.15, -0.1) is 0 Å². The van der Waals surface area contributed by atoms with E-state index in [1.807, 2.05) is 0 Å². The molecule has 2 nitrogen and oxygen atoms in total. The molecular weight excluding hydrogens is 232 g/mol. The largest absolute Gasteiger partial charge is 0.312 e. The van der Waals surface area contributed by atoms with Crippen molar-refractivity contribution in [2.45, 2.75) is 89.6 Å². The molecule has 0 aromatic carbocycles. The Kier molecular flexibility index (Phi) is 6.15. The summed E-state index contributed by atoms with van der Waals surface area (Å²) in [5, 5.41) is 3.89. The summed E-state index contributed by atoms with van der Waals surface area (Å²) in [6.45, 7) is 8.57. The SMILES string of the molecule is CCC(CC)NCC1(N2CCCCC2)CCCCC1. The van der Waals surface area contributed by atoms with Gasteiger partial charge in [0.2, 0.25) is 0 Å². The maximum atomic E-state index is 3.89. The van der Waals surface area contributed by atoms with E-state index in [1.54, 1.807) is 0 Å². The number of nitrogens with zero attached hydrogens (tertiary/aromatic N) is 1. The van der Waals surface area contributed by atoms with Crippen molar-refractivity contribution >= 4 is 0 Å². The Morgan fingerprint density at radius 1 is 0.895 bits per heavy atom. The molecule has 0 spiro atoms. The number of piperidine rings is 1. The van der Waals surface area contributed by atoms with Gasteiger partial charge in [-0.05, 0) is 51.6 Å². The molecule has 1 N–H and O–H groups in total. The van der Waals surface area contributed by atoms with Gasteiger partial charge in [-0.3, -0.25) is 4.90 Å². The van der Waals surface area contributed by atoms with Crippen molar-refractivity contribution in [3.05, 3.63) is 0 Å². The zero-order valence-electron chi connectivity index (χ0n) is 13.2. The van der Waals surface area contributed by atoms with Crippen molar-refractivity contribution in [3.8, 4) is 0 Å². The Hall–Kier alpha value is -0.0800. The van der Waals surface area contributed by atoms with Gasteiger partial charge in [-0.2, -0.15) is 0 Å². The van der Waals surface area contributed by atoms with Crippen molar-refractivity contribution in [1.82, 2.24) is 10.2 Å². The molecule has 1 saturated heterocycles. The summed E-state index contributed by atoms with van der Waals surface area (Å²) in [7, 11) is 0. The van der Waals surface area contributed by atoms with E-state index in [0.717, 1.165) is 6.04 Å². The highest BCUT2D eigenvalue weighted by atomic mass is 15.2. The second-order valence-electron chi connectivity index (χ2n) is 6.73. The Morgan fingerprint density at radius 3 is 2.05 bits per heavy atom. The first-order valence-electron chi connectivity index (χ1n) is 8.79. The smallest absolute Gasteiger partial charge is 0.0334 e. The second kappa shape index (κ2) is 7.64. The molecule has 0 aromatic heterocycles. The lowest BCUT2D eigenvalue weighted by Gasteiger charge is -2.49. The number of hydrogen-bond acceptors (Lipinski definition) is 2. The van der Waals surface area contributed by atoms with E-state index in [9.17, 15) is 0 Å². The lowest BCUT2D eigenvalue weighted by molar-refractivity contribution is 0.0312. The third kappa shape index (κ3) is 3.95. The van der Waals surface area contributed by atoms with E-state index < -0.39 is 0 Å². The summed E-state index contributed by atoms with van der Waals surface area (Å²) < 4.78 is 0. The third-order valence-electron chi connectivity index (χ3n) is 5.52. The quantitative estimate of drug-likeness (QED) is 0.783. The van der Waals surface area contributed by atoms with Crippen molar-refractivity contribution in [2.75, 3.05) is 19.6 Å². The summed E-state index contributed by atoms with van der Waals surface area (Å²) in [5.41, 5.74) is 0.501. The molecule has 2 fully saturated rings. The summed E-state index contributed by atoms with van der Waals surface area (Å²) in [4.78, 5) is 2.85. The normalized spacial score (nSPS) is 24.8. The first-order valence-corrected chi connectivity index (χ1v) is 8.79. The Bertz CT molecular complexity index is 236. The molecule has 112 valence electrons. The van der Waals surface area contributed by atoms with Gasteiger partial charge in [0.05, 0.1) is 0 Å². The number of hydrogen-bond donors (Lipinski definition) is 1. The summed E-state index contributed by atoms with van der Waals surface area (Å²) in [6.07, 6.45) is 14.0. The van der Waals surface area contributed by atoms with Crippen LogP contribution in [0.2, 0.25) is 0 Å². The van der Waals surface area contributed by atoms with E-state index >= 15 is 0 Å². The van der Waals surface area contributed by atoms with Crippen LogP contribution in [0.15, 0.2) is 0 Å². The van der Waals surface area contributed by atoms with Crippen LogP contribution in [0.5, 0.6) is 0 Å². The predicted octanol–water partition coefficient (Wildman–Crippen LogP) is 3.95. The first kappa shape index (κ1) is 15.3. The van der Waals surface area contributed by atoms with E-state index in [2.05, 4.69) is 24.1 Å². The zero-order chi connectivity index (χ0) is 13.6. The van der Waals surface area contributed by atoms with Crippen molar-refractivity contribution in [2.24, 2.45) is 0 Å². The molecule has 1 heterocycles. The highest BCUT2D eigenvalue weighted by Gasteiger charge is 2.38. The lowest BCUT2D eigenvalue weighted by Crippen LogP contribution is -2.58. The van der Waals surface area contributed by atoms with E-state index in [0.29, 0.717) is 5.54 Å². The van der Waals surface area contributed by atoms with Crippen LogP contribution in [-0.2, 0) is 0 Å². The molecule has 0 radical (unpaired) electrons. The molecule has 0 bridgehead atoms. The Balaban J connectivity index is 1.97. The first-order chi connectivity index (χ1) is 9.30. The van der Waals surface area contributed by atoms with Crippen LogP contribution < -0.4 is 5.32 Å². The number of likely N-dealkylation sites (tertiary alicyclic amines) is 1. The summed E-state index contributed by atoms with van der Waals surface area (Å²) >= 11 is 0. The van der Waals surface area contributed by atoms with Crippen molar-refractivity contribution < 1.29 is 0 Å². The fourth-order valence-electron chi connectivity index (χ4n) is 4.09. The molecule has 0 amide bonds. The minimum atomic E-state index is 0.501. The average molecular weight is 266 g/mol. The van der Waals surface area contributed by atoms with Gasteiger partial charge in [0.25, 0.3) is 0 Å². The number of nitrogens with one attached hydrogen (secondary N) is 1. The highest BCUT2D eigenvalue weighted by molar-refractivity contribution is 4.96. The molecule has 2 heteroatoms. The van der Waals surface area contributed by atoms with Crippen LogP contribution in [0.1, 0.15) is 78.1 Å². The minimum Gasteiger partial charge on any atom is -0.312 e. The fourth-order valence-corrected chi connectivity index (χ4v) is 4.09. The van der Waals surface area contributed by atoms with Gasteiger partial charge < -0.3 is 5.32 Å². The molecule has 1 saturated carbocycles. The lowest BCUT2D eigenvalue weighted by atomic mass is 9.79. The van der Waals surface area contributed by atoms with Crippen molar-refractivity contribution in [3.63, 3.8) is 0 Å². The monoisotopic (exact) mass is 266 g/mol. The zero-order valence-corrected chi connectivity index (χ0v) is 13.2. The Morgan fingerprint density at radius 2 is 1.47 bits per heavy atom. The maximum Gasteiger partial charge on any atom is 0.0334 e. The molecule has 19 heavy (non-hydrogen) atoms. The summed E-state index contributed by atoms with van der Waals surface area (Å²) in [5.74, 6) is 0. The highest BCUT2D eigenvalue weighted by Crippen LogP contribution is 2.35. The fraction of sp³-hybridized carbons (Fsp3) is 1.00. The second-order valence-corrected chi connectivity index (χ2v) is 6.73. The molecule has 0 aromatic rings. The van der Waals surface area contributed by atoms with Crippen LogP contribution in [0.25, 0.3) is 0 Å². The molecule has 0 unspecified atom stereocenters.